The molecular weight excluding hydrogens is 288 g/mol. The first kappa shape index (κ1) is 12.2. The highest BCUT2D eigenvalue weighted by molar-refractivity contribution is 7.17. The third kappa shape index (κ3) is 2.71. The number of benzene rings is 1. The minimum atomic E-state index is -0.696. The second kappa shape index (κ2) is 4.95. The van der Waals surface area contributed by atoms with Crippen LogP contribution in [0.15, 0.2) is 18.2 Å². The summed E-state index contributed by atoms with van der Waals surface area (Å²) < 4.78 is 13.6. The normalized spacial score (nSPS) is 10.3. The van der Waals surface area contributed by atoms with E-state index in [1.54, 1.807) is 0 Å². The number of hydrogen-bond acceptors (Lipinski definition) is 4. The fourth-order valence-electron chi connectivity index (χ4n) is 1.07. The summed E-state index contributed by atoms with van der Waals surface area (Å²) in [7, 11) is 0. The van der Waals surface area contributed by atoms with Crippen molar-refractivity contribution >= 4 is 46.1 Å². The van der Waals surface area contributed by atoms with Gasteiger partial charge in [-0.15, -0.1) is 10.2 Å². The minimum absolute atomic E-state index is 0.0196. The van der Waals surface area contributed by atoms with Gasteiger partial charge >= 0.3 is 0 Å². The van der Waals surface area contributed by atoms with Crippen LogP contribution in [0.3, 0.4) is 0 Å². The predicted molar refractivity (Wildman–Crippen MR) is 64.3 cm³/mol. The fourth-order valence-corrected chi connectivity index (χ4v) is 1.97. The fraction of sp³-hybridized carbons (Fsp3) is 0. The maximum absolute atomic E-state index is 13.5. The molecule has 0 radical (unpaired) electrons. The molecular formula is C9H4Cl2FN3OS. The van der Waals surface area contributed by atoms with Gasteiger partial charge in [-0.1, -0.05) is 29.0 Å². The van der Waals surface area contributed by atoms with Crippen LogP contribution in [0.2, 0.25) is 9.49 Å². The number of amides is 1. The number of nitrogens with one attached hydrogen (secondary N) is 1. The Morgan fingerprint density at radius 2 is 2.12 bits per heavy atom. The number of hydrogen-bond donors (Lipinski definition) is 1. The van der Waals surface area contributed by atoms with Gasteiger partial charge in [0.05, 0.1) is 10.7 Å². The summed E-state index contributed by atoms with van der Waals surface area (Å²) in [5, 5.41) is 9.32. The molecule has 0 spiro atoms. The Labute approximate surface area is 109 Å². The molecule has 0 aliphatic carbocycles. The first-order valence-electron chi connectivity index (χ1n) is 4.32. The lowest BCUT2D eigenvalue weighted by Crippen LogP contribution is -2.12. The SMILES string of the molecule is O=C(Nc1cccc(Cl)c1F)c1nnc(Cl)s1. The molecule has 0 unspecified atom stereocenters. The topological polar surface area (TPSA) is 54.9 Å². The molecule has 1 heterocycles. The molecule has 88 valence electrons. The molecule has 17 heavy (non-hydrogen) atoms. The summed E-state index contributed by atoms with van der Waals surface area (Å²) in [5.41, 5.74) is -0.0196. The van der Waals surface area contributed by atoms with E-state index in [9.17, 15) is 9.18 Å². The molecule has 0 saturated carbocycles. The molecule has 1 amide bonds. The van der Waals surface area contributed by atoms with E-state index in [-0.39, 0.29) is 20.2 Å². The van der Waals surface area contributed by atoms with Crippen molar-refractivity contribution in [3.8, 4) is 0 Å². The molecule has 8 heteroatoms. The van der Waals surface area contributed by atoms with Crippen molar-refractivity contribution < 1.29 is 9.18 Å². The van der Waals surface area contributed by atoms with Gasteiger partial charge in [-0.3, -0.25) is 4.79 Å². The van der Waals surface area contributed by atoms with Crippen LogP contribution in [0.25, 0.3) is 0 Å². The Morgan fingerprint density at radius 1 is 1.35 bits per heavy atom. The summed E-state index contributed by atoms with van der Waals surface area (Å²) in [6, 6.07) is 4.30. The lowest BCUT2D eigenvalue weighted by Gasteiger charge is -2.04. The number of nitrogens with zero attached hydrogens (tertiary/aromatic N) is 2. The smallest absolute Gasteiger partial charge is 0.286 e. The first-order chi connectivity index (χ1) is 8.08. The molecule has 2 aromatic rings. The third-order valence-electron chi connectivity index (χ3n) is 1.79. The van der Waals surface area contributed by atoms with Gasteiger partial charge in [-0.05, 0) is 23.7 Å². The maximum atomic E-state index is 13.5. The van der Waals surface area contributed by atoms with Gasteiger partial charge in [0, 0.05) is 0 Å². The summed E-state index contributed by atoms with van der Waals surface area (Å²) in [6.45, 7) is 0. The molecule has 1 N–H and O–H groups in total. The highest BCUT2D eigenvalue weighted by Crippen LogP contribution is 2.23. The lowest BCUT2D eigenvalue weighted by atomic mass is 10.3. The number of anilines is 1. The van der Waals surface area contributed by atoms with E-state index in [0.29, 0.717) is 0 Å². The lowest BCUT2D eigenvalue weighted by molar-refractivity contribution is 0.102. The molecule has 0 saturated heterocycles. The largest absolute Gasteiger partial charge is 0.317 e. The van der Waals surface area contributed by atoms with Crippen molar-refractivity contribution in [2.45, 2.75) is 0 Å². The van der Waals surface area contributed by atoms with Crippen LogP contribution in [0.1, 0.15) is 9.80 Å². The molecule has 0 atom stereocenters. The van der Waals surface area contributed by atoms with Gasteiger partial charge in [0.25, 0.3) is 5.91 Å². The zero-order valence-electron chi connectivity index (χ0n) is 8.08. The first-order valence-corrected chi connectivity index (χ1v) is 5.89. The maximum Gasteiger partial charge on any atom is 0.286 e. The highest BCUT2D eigenvalue weighted by atomic mass is 35.5. The summed E-state index contributed by atoms with van der Waals surface area (Å²) in [4.78, 5) is 11.6. The van der Waals surface area contributed by atoms with Crippen LogP contribution in [0, 0.1) is 5.82 Å². The van der Waals surface area contributed by atoms with E-state index < -0.39 is 11.7 Å². The van der Waals surface area contributed by atoms with Crippen LogP contribution in [0.4, 0.5) is 10.1 Å². The quantitative estimate of drug-likeness (QED) is 0.924. The molecule has 2 rings (SSSR count). The van der Waals surface area contributed by atoms with Crippen molar-refractivity contribution in [3.63, 3.8) is 0 Å². The van der Waals surface area contributed by atoms with Crippen molar-refractivity contribution in [1.29, 1.82) is 0 Å². The van der Waals surface area contributed by atoms with E-state index in [0.717, 1.165) is 11.3 Å². The Morgan fingerprint density at radius 3 is 2.76 bits per heavy atom. The van der Waals surface area contributed by atoms with Crippen molar-refractivity contribution in [2.24, 2.45) is 0 Å². The van der Waals surface area contributed by atoms with Crippen molar-refractivity contribution in [2.75, 3.05) is 5.32 Å². The second-order valence-corrected chi connectivity index (χ2v) is 4.88. The van der Waals surface area contributed by atoms with Crippen LogP contribution in [0.5, 0.6) is 0 Å². The number of carbonyl (C=O) groups excluding carboxylic acids is 1. The zero-order valence-corrected chi connectivity index (χ0v) is 10.4. The van der Waals surface area contributed by atoms with E-state index in [1.807, 2.05) is 0 Å². The van der Waals surface area contributed by atoms with Crippen molar-refractivity contribution in [3.05, 3.63) is 38.5 Å². The van der Waals surface area contributed by atoms with Gasteiger partial charge in [-0.25, -0.2) is 4.39 Å². The van der Waals surface area contributed by atoms with Crippen molar-refractivity contribution in [1.82, 2.24) is 10.2 Å². The molecule has 1 aromatic heterocycles. The average Bonchev–Trinajstić information content (AvgIpc) is 2.72. The minimum Gasteiger partial charge on any atom is -0.317 e. The number of halogens is 3. The summed E-state index contributed by atoms with van der Waals surface area (Å²) in [6.07, 6.45) is 0. The van der Waals surface area contributed by atoms with Gasteiger partial charge in [0.2, 0.25) is 9.47 Å². The number of rotatable bonds is 2. The summed E-state index contributed by atoms with van der Waals surface area (Å²) in [5.74, 6) is -1.28. The van der Waals surface area contributed by atoms with E-state index in [4.69, 9.17) is 23.2 Å². The average molecular weight is 292 g/mol. The van der Waals surface area contributed by atoms with E-state index >= 15 is 0 Å². The standard InChI is InChI=1S/C9H4Cl2FN3OS/c10-4-2-1-3-5(6(4)12)13-7(16)8-14-15-9(11)17-8/h1-3H,(H,13,16). The highest BCUT2D eigenvalue weighted by Gasteiger charge is 2.15. The van der Waals surface area contributed by atoms with Gasteiger partial charge in [0.1, 0.15) is 0 Å². The molecule has 0 bridgehead atoms. The van der Waals surface area contributed by atoms with Crippen LogP contribution < -0.4 is 5.32 Å². The van der Waals surface area contributed by atoms with Gasteiger partial charge in [0.15, 0.2) is 5.82 Å². The molecule has 1 aromatic carbocycles. The molecule has 0 aliphatic heterocycles. The Kier molecular flexibility index (Phi) is 3.56. The predicted octanol–water partition coefficient (Wildman–Crippen LogP) is 3.24. The van der Waals surface area contributed by atoms with Crippen LogP contribution in [-0.2, 0) is 0 Å². The molecule has 0 fully saturated rings. The van der Waals surface area contributed by atoms with Gasteiger partial charge in [-0.2, -0.15) is 0 Å². The summed E-state index contributed by atoms with van der Waals surface area (Å²) >= 11 is 12.0. The number of aromatic nitrogens is 2. The number of carbonyl (C=O) groups is 1. The third-order valence-corrected chi connectivity index (χ3v) is 3.10. The Hall–Kier alpha value is -1.24. The monoisotopic (exact) mass is 291 g/mol. The van der Waals surface area contributed by atoms with E-state index in [2.05, 4.69) is 15.5 Å². The molecule has 4 nitrogen and oxygen atoms in total. The van der Waals surface area contributed by atoms with Crippen LogP contribution >= 0.6 is 34.5 Å². The van der Waals surface area contributed by atoms with Crippen LogP contribution in [-0.4, -0.2) is 16.1 Å². The van der Waals surface area contributed by atoms with E-state index in [1.165, 1.54) is 18.2 Å². The zero-order chi connectivity index (χ0) is 12.4. The Bertz CT molecular complexity index is 575. The second-order valence-electron chi connectivity index (χ2n) is 2.92. The Balaban J connectivity index is 2.21. The molecule has 0 aliphatic rings. The van der Waals surface area contributed by atoms with Gasteiger partial charge < -0.3 is 5.32 Å².